The SMILES string of the molecule is Cc1cc(Cl)c2n[c]cn2c1. The summed E-state index contributed by atoms with van der Waals surface area (Å²) in [6, 6.07) is 1.89. The zero-order valence-corrected chi connectivity index (χ0v) is 6.76. The van der Waals surface area contributed by atoms with Gasteiger partial charge in [0.2, 0.25) is 0 Å². The van der Waals surface area contributed by atoms with Crippen LogP contribution in [-0.4, -0.2) is 9.38 Å². The molecule has 1 radical (unpaired) electrons. The lowest BCUT2D eigenvalue weighted by atomic mass is 10.3. The van der Waals surface area contributed by atoms with Gasteiger partial charge in [-0.05, 0) is 18.6 Å². The number of rotatable bonds is 0. The molecule has 11 heavy (non-hydrogen) atoms. The molecule has 0 spiro atoms. The summed E-state index contributed by atoms with van der Waals surface area (Å²) in [5.74, 6) is 0. The molecule has 2 aromatic rings. The predicted octanol–water partition coefficient (Wildman–Crippen LogP) is 2.10. The quantitative estimate of drug-likeness (QED) is 0.585. The maximum absolute atomic E-state index is 5.90. The van der Waals surface area contributed by atoms with Crippen LogP contribution in [0.3, 0.4) is 0 Å². The van der Waals surface area contributed by atoms with Gasteiger partial charge in [0.15, 0.2) is 5.65 Å². The summed E-state index contributed by atoms with van der Waals surface area (Å²) >= 11 is 5.90. The fraction of sp³-hybridized carbons (Fsp3) is 0.125. The number of aromatic nitrogens is 2. The van der Waals surface area contributed by atoms with E-state index in [4.69, 9.17) is 11.6 Å². The van der Waals surface area contributed by atoms with E-state index < -0.39 is 0 Å². The molecule has 55 valence electrons. The molecule has 2 nitrogen and oxygen atoms in total. The highest BCUT2D eigenvalue weighted by Crippen LogP contribution is 2.16. The second-order valence-electron chi connectivity index (χ2n) is 2.47. The van der Waals surface area contributed by atoms with Gasteiger partial charge in [-0.25, -0.2) is 4.98 Å². The van der Waals surface area contributed by atoms with Crippen molar-refractivity contribution in [3.05, 3.63) is 35.2 Å². The summed E-state index contributed by atoms with van der Waals surface area (Å²) in [7, 11) is 0. The first-order valence-electron chi connectivity index (χ1n) is 3.28. The average Bonchev–Trinajstić information content (AvgIpc) is 2.34. The summed E-state index contributed by atoms with van der Waals surface area (Å²) in [5.41, 5.74) is 1.88. The first-order valence-corrected chi connectivity index (χ1v) is 3.66. The van der Waals surface area contributed by atoms with Crippen LogP contribution in [0.25, 0.3) is 5.65 Å². The molecule has 0 N–H and O–H groups in total. The summed E-state index contributed by atoms with van der Waals surface area (Å²) in [6.45, 7) is 1.99. The van der Waals surface area contributed by atoms with Gasteiger partial charge < -0.3 is 4.40 Å². The predicted molar refractivity (Wildman–Crippen MR) is 43.8 cm³/mol. The molecule has 0 aliphatic carbocycles. The van der Waals surface area contributed by atoms with Gasteiger partial charge in [-0.1, -0.05) is 11.6 Å². The number of pyridine rings is 1. The molecule has 2 rings (SSSR count). The van der Waals surface area contributed by atoms with E-state index in [0.717, 1.165) is 11.2 Å². The van der Waals surface area contributed by atoms with Crippen LogP contribution < -0.4 is 0 Å². The van der Waals surface area contributed by atoms with Crippen molar-refractivity contribution < 1.29 is 0 Å². The lowest BCUT2D eigenvalue weighted by molar-refractivity contribution is 1.16. The zero-order valence-electron chi connectivity index (χ0n) is 6.00. The van der Waals surface area contributed by atoms with Gasteiger partial charge in [0.25, 0.3) is 0 Å². The molecule has 0 amide bonds. The van der Waals surface area contributed by atoms with Crippen LogP contribution in [0, 0.1) is 13.1 Å². The van der Waals surface area contributed by atoms with Crippen molar-refractivity contribution in [3.63, 3.8) is 0 Å². The molecule has 0 unspecified atom stereocenters. The first kappa shape index (κ1) is 6.68. The molecule has 2 heterocycles. The van der Waals surface area contributed by atoms with Gasteiger partial charge in [0.05, 0.1) is 5.02 Å². The molecule has 2 aromatic heterocycles. The van der Waals surface area contributed by atoms with Gasteiger partial charge in [0, 0.05) is 12.4 Å². The number of hydrogen-bond acceptors (Lipinski definition) is 1. The Balaban J connectivity index is 2.91. The summed E-state index contributed by atoms with van der Waals surface area (Å²) in [5, 5.41) is 0.672. The lowest BCUT2D eigenvalue weighted by Crippen LogP contribution is -1.85. The van der Waals surface area contributed by atoms with Crippen LogP contribution in [0.5, 0.6) is 0 Å². The highest BCUT2D eigenvalue weighted by molar-refractivity contribution is 6.33. The Morgan fingerprint density at radius 1 is 1.64 bits per heavy atom. The zero-order chi connectivity index (χ0) is 7.84. The maximum atomic E-state index is 5.90. The van der Waals surface area contributed by atoms with Crippen LogP contribution in [-0.2, 0) is 0 Å². The molecule has 0 saturated heterocycles. The van der Waals surface area contributed by atoms with E-state index in [0.29, 0.717) is 5.02 Å². The lowest BCUT2D eigenvalue weighted by Gasteiger charge is -1.97. The van der Waals surface area contributed by atoms with Crippen molar-refractivity contribution >= 4 is 17.2 Å². The fourth-order valence-corrected chi connectivity index (χ4v) is 1.38. The van der Waals surface area contributed by atoms with Gasteiger partial charge in [0.1, 0.15) is 6.20 Å². The molecule has 0 aromatic carbocycles. The smallest absolute Gasteiger partial charge is 0.156 e. The molecule has 0 fully saturated rings. The number of fused-ring (bicyclic) bond motifs is 1. The second kappa shape index (κ2) is 2.24. The van der Waals surface area contributed by atoms with Gasteiger partial charge in [-0.2, -0.15) is 0 Å². The molecule has 0 bridgehead atoms. The minimum Gasteiger partial charge on any atom is -0.305 e. The molecule has 0 aliphatic rings. The highest BCUT2D eigenvalue weighted by atomic mass is 35.5. The van der Waals surface area contributed by atoms with Gasteiger partial charge in [-0.15, -0.1) is 0 Å². The van der Waals surface area contributed by atoms with Crippen molar-refractivity contribution in [1.29, 1.82) is 0 Å². The van der Waals surface area contributed by atoms with E-state index in [1.54, 1.807) is 6.20 Å². The Morgan fingerprint density at radius 3 is 3.27 bits per heavy atom. The second-order valence-corrected chi connectivity index (χ2v) is 2.87. The van der Waals surface area contributed by atoms with E-state index in [-0.39, 0.29) is 0 Å². The van der Waals surface area contributed by atoms with E-state index in [1.807, 2.05) is 23.6 Å². The van der Waals surface area contributed by atoms with Crippen molar-refractivity contribution in [3.8, 4) is 0 Å². The van der Waals surface area contributed by atoms with Crippen LogP contribution in [0.15, 0.2) is 18.5 Å². The minimum absolute atomic E-state index is 0.672. The van der Waals surface area contributed by atoms with E-state index in [1.165, 1.54) is 0 Å². The fourth-order valence-electron chi connectivity index (χ4n) is 1.07. The number of hydrogen-bond donors (Lipinski definition) is 0. The topological polar surface area (TPSA) is 17.3 Å². The molecular formula is C8H6ClN2. The number of aryl methyl sites for hydroxylation is 1. The standard InChI is InChI=1S/C8H6ClN2/c1-6-4-7(9)8-10-2-3-11(8)5-6/h3-5H,1H3. The Morgan fingerprint density at radius 2 is 2.45 bits per heavy atom. The van der Waals surface area contributed by atoms with Crippen molar-refractivity contribution in [2.75, 3.05) is 0 Å². The highest BCUT2D eigenvalue weighted by Gasteiger charge is 1.99. The summed E-state index contributed by atoms with van der Waals surface area (Å²) in [4.78, 5) is 3.97. The average molecular weight is 166 g/mol. The monoisotopic (exact) mass is 165 g/mol. The molecule has 0 saturated carbocycles. The van der Waals surface area contributed by atoms with Crippen LogP contribution in [0.4, 0.5) is 0 Å². The maximum Gasteiger partial charge on any atom is 0.156 e. The summed E-state index contributed by atoms with van der Waals surface area (Å²) in [6.07, 6.45) is 6.46. The van der Waals surface area contributed by atoms with Crippen molar-refractivity contribution in [2.45, 2.75) is 6.92 Å². The third kappa shape index (κ3) is 0.994. The largest absolute Gasteiger partial charge is 0.305 e. The Kier molecular flexibility index (Phi) is 1.36. The Labute approximate surface area is 69.4 Å². The van der Waals surface area contributed by atoms with E-state index >= 15 is 0 Å². The number of imidazole rings is 1. The minimum atomic E-state index is 0.672. The number of halogens is 1. The van der Waals surface area contributed by atoms with Crippen molar-refractivity contribution in [1.82, 2.24) is 9.38 Å². The molecule has 0 atom stereocenters. The van der Waals surface area contributed by atoms with Gasteiger partial charge in [-0.3, -0.25) is 0 Å². The van der Waals surface area contributed by atoms with Crippen LogP contribution in [0.1, 0.15) is 5.56 Å². The van der Waals surface area contributed by atoms with E-state index in [2.05, 4.69) is 11.2 Å². The van der Waals surface area contributed by atoms with E-state index in [9.17, 15) is 0 Å². The summed E-state index contributed by atoms with van der Waals surface area (Å²) < 4.78 is 1.86. The van der Waals surface area contributed by atoms with Crippen molar-refractivity contribution in [2.24, 2.45) is 0 Å². The van der Waals surface area contributed by atoms with Crippen LogP contribution in [0.2, 0.25) is 5.02 Å². The van der Waals surface area contributed by atoms with Gasteiger partial charge >= 0.3 is 0 Å². The molecular weight excluding hydrogens is 160 g/mol. The Hall–Kier alpha value is -1.02. The normalized spacial score (nSPS) is 10.7. The molecule has 0 aliphatic heterocycles. The Bertz CT molecular complexity index is 392. The first-order chi connectivity index (χ1) is 5.27. The van der Waals surface area contributed by atoms with Crippen LogP contribution >= 0.6 is 11.6 Å². The third-order valence-corrected chi connectivity index (χ3v) is 1.80. The third-order valence-electron chi connectivity index (χ3n) is 1.52. The number of nitrogens with zero attached hydrogens (tertiary/aromatic N) is 2. The molecule has 3 heteroatoms.